The van der Waals surface area contributed by atoms with Gasteiger partial charge in [0.25, 0.3) is 5.91 Å². The molecule has 0 fully saturated rings. The zero-order chi connectivity index (χ0) is 12.0. The van der Waals surface area contributed by atoms with E-state index >= 15 is 0 Å². The molecule has 0 unspecified atom stereocenters. The van der Waals surface area contributed by atoms with Gasteiger partial charge in [0.2, 0.25) is 0 Å². The van der Waals surface area contributed by atoms with Crippen LogP contribution in [0, 0.1) is 0 Å². The molecule has 0 radical (unpaired) electrons. The van der Waals surface area contributed by atoms with Crippen molar-refractivity contribution in [2.75, 3.05) is 19.8 Å². The summed E-state index contributed by atoms with van der Waals surface area (Å²) in [6.07, 6.45) is 0. The van der Waals surface area contributed by atoms with E-state index in [9.17, 15) is 4.79 Å². The van der Waals surface area contributed by atoms with E-state index in [4.69, 9.17) is 16.3 Å². The summed E-state index contributed by atoms with van der Waals surface area (Å²) in [5.74, 6) is -0.136. The van der Waals surface area contributed by atoms with Crippen LogP contribution in [0.15, 0.2) is 22.7 Å². The fourth-order valence-electron chi connectivity index (χ4n) is 1.15. The van der Waals surface area contributed by atoms with Crippen molar-refractivity contribution in [2.45, 2.75) is 6.92 Å². The standard InChI is InChI=1S/C11H13BrClNO2/c1-2-16-6-5-14-11(15)9-4-3-8(13)7-10(9)12/h3-4,7H,2,5-6H2,1H3,(H,14,15). The molecule has 0 aliphatic carbocycles. The molecule has 0 atom stereocenters. The molecule has 5 heteroatoms. The topological polar surface area (TPSA) is 38.3 Å². The average molecular weight is 307 g/mol. The van der Waals surface area contributed by atoms with E-state index in [-0.39, 0.29) is 5.91 Å². The quantitative estimate of drug-likeness (QED) is 0.850. The number of carbonyl (C=O) groups is 1. The van der Waals surface area contributed by atoms with E-state index in [1.54, 1.807) is 18.2 Å². The maximum atomic E-state index is 11.7. The van der Waals surface area contributed by atoms with Crippen molar-refractivity contribution in [3.63, 3.8) is 0 Å². The first kappa shape index (κ1) is 13.5. The summed E-state index contributed by atoms with van der Waals surface area (Å²) >= 11 is 9.08. The highest BCUT2D eigenvalue weighted by molar-refractivity contribution is 9.10. The van der Waals surface area contributed by atoms with Gasteiger partial charge in [-0.25, -0.2) is 0 Å². The van der Waals surface area contributed by atoms with Gasteiger partial charge >= 0.3 is 0 Å². The summed E-state index contributed by atoms with van der Waals surface area (Å²) in [5, 5.41) is 3.35. The van der Waals surface area contributed by atoms with Crippen LogP contribution in [-0.2, 0) is 4.74 Å². The third-order valence-corrected chi connectivity index (χ3v) is 2.80. The Morgan fingerprint density at radius 1 is 1.56 bits per heavy atom. The smallest absolute Gasteiger partial charge is 0.252 e. The zero-order valence-electron chi connectivity index (χ0n) is 8.93. The van der Waals surface area contributed by atoms with Gasteiger partial charge in [0.05, 0.1) is 12.2 Å². The molecule has 1 amide bonds. The maximum absolute atomic E-state index is 11.7. The number of amides is 1. The van der Waals surface area contributed by atoms with Gasteiger partial charge in [0.1, 0.15) is 0 Å². The minimum atomic E-state index is -0.136. The van der Waals surface area contributed by atoms with Crippen molar-refractivity contribution < 1.29 is 9.53 Å². The van der Waals surface area contributed by atoms with Gasteiger partial charge in [-0.1, -0.05) is 11.6 Å². The Kier molecular flexibility index (Phi) is 5.80. The van der Waals surface area contributed by atoms with Crippen molar-refractivity contribution in [3.05, 3.63) is 33.3 Å². The van der Waals surface area contributed by atoms with Gasteiger partial charge in [-0.15, -0.1) is 0 Å². The van der Waals surface area contributed by atoms with E-state index < -0.39 is 0 Å². The molecule has 0 saturated carbocycles. The van der Waals surface area contributed by atoms with E-state index in [2.05, 4.69) is 21.2 Å². The van der Waals surface area contributed by atoms with Crippen LogP contribution in [0.25, 0.3) is 0 Å². The van der Waals surface area contributed by atoms with Crippen LogP contribution < -0.4 is 5.32 Å². The largest absolute Gasteiger partial charge is 0.380 e. The number of halogens is 2. The lowest BCUT2D eigenvalue weighted by atomic mass is 10.2. The molecule has 1 rings (SSSR count). The van der Waals surface area contributed by atoms with Gasteiger partial charge in [-0.3, -0.25) is 4.79 Å². The molecule has 0 aromatic heterocycles. The van der Waals surface area contributed by atoms with Crippen LogP contribution in [0.5, 0.6) is 0 Å². The van der Waals surface area contributed by atoms with Crippen LogP contribution in [0.1, 0.15) is 17.3 Å². The summed E-state index contributed by atoms with van der Waals surface area (Å²) in [7, 11) is 0. The number of rotatable bonds is 5. The summed E-state index contributed by atoms with van der Waals surface area (Å²) in [6.45, 7) is 3.59. The molecule has 1 aromatic carbocycles. The Labute approximate surface area is 108 Å². The first-order chi connectivity index (χ1) is 7.65. The minimum absolute atomic E-state index is 0.136. The van der Waals surface area contributed by atoms with Gasteiger partial charge < -0.3 is 10.1 Å². The zero-order valence-corrected chi connectivity index (χ0v) is 11.3. The van der Waals surface area contributed by atoms with Crippen molar-refractivity contribution in [2.24, 2.45) is 0 Å². The molecule has 88 valence electrons. The Hall–Kier alpha value is -0.580. The molecule has 1 N–H and O–H groups in total. The van der Waals surface area contributed by atoms with Crippen LogP contribution in [0.2, 0.25) is 5.02 Å². The van der Waals surface area contributed by atoms with Crippen LogP contribution in [0.4, 0.5) is 0 Å². The molecule has 3 nitrogen and oxygen atoms in total. The lowest BCUT2D eigenvalue weighted by molar-refractivity contribution is 0.0922. The number of carbonyl (C=O) groups excluding carboxylic acids is 1. The molecule has 0 aliphatic rings. The fraction of sp³-hybridized carbons (Fsp3) is 0.364. The number of benzene rings is 1. The lowest BCUT2D eigenvalue weighted by Crippen LogP contribution is -2.27. The number of hydrogen-bond acceptors (Lipinski definition) is 2. The Bertz CT molecular complexity index is 371. The van der Waals surface area contributed by atoms with Gasteiger partial charge in [-0.2, -0.15) is 0 Å². The minimum Gasteiger partial charge on any atom is -0.380 e. The van der Waals surface area contributed by atoms with Crippen molar-refractivity contribution in [1.29, 1.82) is 0 Å². The Morgan fingerprint density at radius 3 is 2.94 bits per heavy atom. The Morgan fingerprint density at radius 2 is 2.31 bits per heavy atom. The van der Waals surface area contributed by atoms with Gasteiger partial charge in [0, 0.05) is 22.6 Å². The fourth-order valence-corrected chi connectivity index (χ4v) is 2.01. The van der Waals surface area contributed by atoms with Crippen molar-refractivity contribution >= 4 is 33.4 Å². The van der Waals surface area contributed by atoms with E-state index in [0.29, 0.717) is 34.8 Å². The predicted octanol–water partition coefficient (Wildman–Crippen LogP) is 2.87. The van der Waals surface area contributed by atoms with Crippen molar-refractivity contribution in [1.82, 2.24) is 5.32 Å². The average Bonchev–Trinajstić information content (AvgIpc) is 2.24. The molecule has 0 heterocycles. The summed E-state index contributed by atoms with van der Waals surface area (Å²) in [5.41, 5.74) is 0.570. The highest BCUT2D eigenvalue weighted by atomic mass is 79.9. The van der Waals surface area contributed by atoms with Crippen LogP contribution in [-0.4, -0.2) is 25.7 Å². The first-order valence-electron chi connectivity index (χ1n) is 4.96. The second-order valence-corrected chi connectivity index (χ2v) is 4.37. The van der Waals surface area contributed by atoms with Gasteiger partial charge in [-0.05, 0) is 41.1 Å². The second kappa shape index (κ2) is 6.89. The second-order valence-electron chi connectivity index (χ2n) is 3.08. The van der Waals surface area contributed by atoms with Gasteiger partial charge in [0.15, 0.2) is 0 Å². The molecule has 0 saturated heterocycles. The normalized spacial score (nSPS) is 10.2. The van der Waals surface area contributed by atoms with Crippen LogP contribution >= 0.6 is 27.5 Å². The molecule has 1 aromatic rings. The summed E-state index contributed by atoms with van der Waals surface area (Å²) in [6, 6.07) is 5.06. The highest BCUT2D eigenvalue weighted by Gasteiger charge is 2.09. The molecular formula is C11H13BrClNO2. The first-order valence-corrected chi connectivity index (χ1v) is 6.13. The SMILES string of the molecule is CCOCCNC(=O)c1ccc(Cl)cc1Br. The molecular weight excluding hydrogens is 293 g/mol. The predicted molar refractivity (Wildman–Crippen MR) is 68.0 cm³/mol. The highest BCUT2D eigenvalue weighted by Crippen LogP contribution is 2.21. The monoisotopic (exact) mass is 305 g/mol. The summed E-state index contributed by atoms with van der Waals surface area (Å²) < 4.78 is 5.81. The molecule has 0 aliphatic heterocycles. The van der Waals surface area contributed by atoms with Crippen LogP contribution in [0.3, 0.4) is 0 Å². The van der Waals surface area contributed by atoms with Crippen molar-refractivity contribution in [3.8, 4) is 0 Å². The Balaban J connectivity index is 2.53. The third kappa shape index (κ3) is 4.12. The number of nitrogens with one attached hydrogen (secondary N) is 1. The number of ether oxygens (including phenoxy) is 1. The maximum Gasteiger partial charge on any atom is 0.252 e. The lowest BCUT2D eigenvalue weighted by Gasteiger charge is -2.07. The van der Waals surface area contributed by atoms with E-state index in [1.165, 1.54) is 0 Å². The van der Waals surface area contributed by atoms with E-state index in [0.717, 1.165) is 0 Å². The molecule has 0 bridgehead atoms. The molecule has 0 spiro atoms. The van der Waals surface area contributed by atoms with E-state index in [1.807, 2.05) is 6.92 Å². The summed E-state index contributed by atoms with van der Waals surface area (Å²) in [4.78, 5) is 11.7. The third-order valence-electron chi connectivity index (χ3n) is 1.91. The number of hydrogen-bond donors (Lipinski definition) is 1. The molecule has 16 heavy (non-hydrogen) atoms.